The molecule has 0 unspecified atom stereocenters. The van der Waals surface area contributed by atoms with Gasteiger partial charge < -0.3 is 10.4 Å². The van der Waals surface area contributed by atoms with Gasteiger partial charge in [-0.1, -0.05) is 32.0 Å². The van der Waals surface area contributed by atoms with Gasteiger partial charge in [0.1, 0.15) is 0 Å². The van der Waals surface area contributed by atoms with Crippen molar-refractivity contribution in [1.82, 2.24) is 9.97 Å². The fraction of sp³-hybridized carbons (Fsp3) is 0.267. The first kappa shape index (κ1) is 14.0. The third-order valence-electron chi connectivity index (χ3n) is 3.04. The number of benzene rings is 1. The zero-order valence-corrected chi connectivity index (χ0v) is 11.7. The van der Waals surface area contributed by atoms with Gasteiger partial charge in [0.25, 0.3) is 0 Å². The Morgan fingerprint density at radius 1 is 1.30 bits per heavy atom. The maximum absolute atomic E-state index is 10.9. The molecule has 2 aromatic rings. The van der Waals surface area contributed by atoms with Crippen LogP contribution in [0.25, 0.3) is 0 Å². The van der Waals surface area contributed by atoms with Crippen molar-refractivity contribution in [3.05, 3.63) is 47.3 Å². The molecule has 0 spiro atoms. The number of aromatic nitrogens is 2. The van der Waals surface area contributed by atoms with E-state index in [9.17, 15) is 4.79 Å². The molecule has 20 heavy (non-hydrogen) atoms. The van der Waals surface area contributed by atoms with Crippen LogP contribution in [0.4, 0.5) is 11.6 Å². The Balaban J connectivity index is 2.31. The van der Waals surface area contributed by atoms with Crippen LogP contribution < -0.4 is 5.32 Å². The third kappa shape index (κ3) is 2.93. The largest absolute Gasteiger partial charge is 0.478 e. The quantitative estimate of drug-likeness (QED) is 0.891. The third-order valence-corrected chi connectivity index (χ3v) is 3.04. The number of aromatic carboxylic acids is 1. The molecule has 0 atom stereocenters. The molecule has 104 valence electrons. The Labute approximate surface area is 117 Å². The molecular formula is C15H17N3O2. The molecule has 1 heterocycles. The molecule has 0 fully saturated rings. The smallest absolute Gasteiger partial charge is 0.339 e. The lowest BCUT2D eigenvalue weighted by Crippen LogP contribution is -2.07. The van der Waals surface area contributed by atoms with Gasteiger partial charge in [0.05, 0.1) is 11.3 Å². The number of hydrogen-bond donors (Lipinski definition) is 2. The number of hydrogen-bond acceptors (Lipinski definition) is 4. The minimum absolute atomic E-state index is 0.118. The van der Waals surface area contributed by atoms with Gasteiger partial charge in [-0.05, 0) is 24.5 Å². The summed E-state index contributed by atoms with van der Waals surface area (Å²) in [6.07, 6.45) is 1.32. The number of nitrogens with zero attached hydrogens (tertiary/aromatic N) is 2. The summed E-state index contributed by atoms with van der Waals surface area (Å²) in [5.41, 5.74) is 2.66. The normalized spacial score (nSPS) is 10.6. The molecule has 0 bridgehead atoms. The van der Waals surface area contributed by atoms with Gasteiger partial charge in [-0.25, -0.2) is 14.8 Å². The van der Waals surface area contributed by atoms with Crippen LogP contribution in [0.1, 0.15) is 41.4 Å². The fourth-order valence-corrected chi connectivity index (χ4v) is 1.97. The molecule has 0 aliphatic heterocycles. The predicted molar refractivity (Wildman–Crippen MR) is 77.5 cm³/mol. The van der Waals surface area contributed by atoms with Crippen LogP contribution in [-0.4, -0.2) is 21.0 Å². The molecule has 5 nitrogen and oxygen atoms in total. The van der Waals surface area contributed by atoms with Gasteiger partial charge in [0, 0.05) is 11.9 Å². The molecule has 5 heteroatoms. The second-order valence-electron chi connectivity index (χ2n) is 4.86. The number of carboxylic acids is 1. The highest BCUT2D eigenvalue weighted by Gasteiger charge is 2.11. The number of aryl methyl sites for hydroxylation is 1. The van der Waals surface area contributed by atoms with Crippen molar-refractivity contribution in [3.63, 3.8) is 0 Å². The molecule has 1 aromatic carbocycles. The van der Waals surface area contributed by atoms with Crippen molar-refractivity contribution in [3.8, 4) is 0 Å². The first-order chi connectivity index (χ1) is 9.49. The summed E-state index contributed by atoms with van der Waals surface area (Å²) < 4.78 is 0. The van der Waals surface area contributed by atoms with E-state index in [1.165, 1.54) is 6.20 Å². The van der Waals surface area contributed by atoms with Gasteiger partial charge in [-0.3, -0.25) is 0 Å². The standard InChI is InChI=1S/C15H17N3O2/c1-9(2)11-6-4-5-7-13(11)18-15-16-8-12(14(19)20)10(3)17-15/h4-9H,1-3H3,(H,19,20)(H,16,17,18). The molecule has 0 amide bonds. The van der Waals surface area contributed by atoms with Crippen LogP contribution in [0.5, 0.6) is 0 Å². The van der Waals surface area contributed by atoms with Crippen molar-refractivity contribution >= 4 is 17.6 Å². The van der Waals surface area contributed by atoms with E-state index in [1.54, 1.807) is 6.92 Å². The minimum atomic E-state index is -1.02. The monoisotopic (exact) mass is 271 g/mol. The first-order valence-electron chi connectivity index (χ1n) is 6.42. The summed E-state index contributed by atoms with van der Waals surface area (Å²) in [7, 11) is 0. The molecule has 0 saturated heterocycles. The Kier molecular flexibility index (Phi) is 3.98. The average Bonchev–Trinajstić information content (AvgIpc) is 2.38. The van der Waals surface area contributed by atoms with Crippen LogP contribution >= 0.6 is 0 Å². The number of nitrogens with one attached hydrogen (secondary N) is 1. The summed E-state index contributed by atoms with van der Waals surface area (Å²) in [4.78, 5) is 19.2. The lowest BCUT2D eigenvalue weighted by molar-refractivity contribution is 0.0695. The lowest BCUT2D eigenvalue weighted by atomic mass is 10.0. The lowest BCUT2D eigenvalue weighted by Gasteiger charge is -2.13. The molecule has 1 aromatic heterocycles. The number of rotatable bonds is 4. The van der Waals surface area contributed by atoms with E-state index >= 15 is 0 Å². The van der Waals surface area contributed by atoms with Crippen LogP contribution in [0.15, 0.2) is 30.5 Å². The first-order valence-corrected chi connectivity index (χ1v) is 6.42. The number of carboxylic acid groups (broad SMARTS) is 1. The highest BCUT2D eigenvalue weighted by atomic mass is 16.4. The molecule has 0 aliphatic rings. The molecule has 2 rings (SSSR count). The van der Waals surface area contributed by atoms with Crippen LogP contribution in [0, 0.1) is 6.92 Å². The van der Waals surface area contributed by atoms with Crippen LogP contribution in [-0.2, 0) is 0 Å². The summed E-state index contributed by atoms with van der Waals surface area (Å²) in [6, 6.07) is 7.93. The summed E-state index contributed by atoms with van der Waals surface area (Å²) in [5, 5.41) is 12.1. The van der Waals surface area contributed by atoms with E-state index in [0.29, 0.717) is 17.6 Å². The van der Waals surface area contributed by atoms with E-state index in [-0.39, 0.29) is 5.56 Å². The topological polar surface area (TPSA) is 75.1 Å². The molecule has 0 saturated carbocycles. The molecule has 0 aliphatic carbocycles. The number of anilines is 2. The zero-order valence-electron chi connectivity index (χ0n) is 11.7. The molecule has 2 N–H and O–H groups in total. The molecule has 0 radical (unpaired) electrons. The zero-order chi connectivity index (χ0) is 14.7. The Hall–Kier alpha value is -2.43. The van der Waals surface area contributed by atoms with Crippen molar-refractivity contribution in [2.75, 3.05) is 5.32 Å². The molecular weight excluding hydrogens is 254 g/mol. The number of para-hydroxylation sites is 1. The fourth-order valence-electron chi connectivity index (χ4n) is 1.97. The Morgan fingerprint density at radius 2 is 2.00 bits per heavy atom. The highest BCUT2D eigenvalue weighted by Crippen LogP contribution is 2.25. The SMILES string of the molecule is Cc1nc(Nc2ccccc2C(C)C)ncc1C(=O)O. The van der Waals surface area contributed by atoms with Gasteiger partial charge in [0.2, 0.25) is 5.95 Å². The van der Waals surface area contributed by atoms with E-state index in [0.717, 1.165) is 11.3 Å². The second kappa shape index (κ2) is 5.69. The minimum Gasteiger partial charge on any atom is -0.478 e. The van der Waals surface area contributed by atoms with Gasteiger partial charge in [-0.15, -0.1) is 0 Å². The van der Waals surface area contributed by atoms with Crippen molar-refractivity contribution in [2.45, 2.75) is 26.7 Å². The van der Waals surface area contributed by atoms with Gasteiger partial charge in [-0.2, -0.15) is 0 Å². The summed E-state index contributed by atoms with van der Waals surface area (Å²) in [5.74, 6) is -0.240. The predicted octanol–water partition coefficient (Wildman–Crippen LogP) is 3.35. The van der Waals surface area contributed by atoms with Crippen molar-refractivity contribution < 1.29 is 9.90 Å². The van der Waals surface area contributed by atoms with E-state index in [4.69, 9.17) is 5.11 Å². The van der Waals surface area contributed by atoms with E-state index in [2.05, 4.69) is 29.1 Å². The Bertz CT molecular complexity index is 639. The maximum Gasteiger partial charge on any atom is 0.339 e. The van der Waals surface area contributed by atoms with Gasteiger partial charge >= 0.3 is 5.97 Å². The highest BCUT2D eigenvalue weighted by molar-refractivity contribution is 5.88. The average molecular weight is 271 g/mol. The van der Waals surface area contributed by atoms with Gasteiger partial charge in [0.15, 0.2) is 0 Å². The Morgan fingerprint density at radius 3 is 2.60 bits per heavy atom. The van der Waals surface area contributed by atoms with Crippen LogP contribution in [0.3, 0.4) is 0 Å². The summed E-state index contributed by atoms with van der Waals surface area (Å²) >= 11 is 0. The van der Waals surface area contributed by atoms with E-state index < -0.39 is 5.97 Å². The summed E-state index contributed by atoms with van der Waals surface area (Å²) in [6.45, 7) is 5.88. The maximum atomic E-state index is 10.9. The second-order valence-corrected chi connectivity index (χ2v) is 4.86. The van der Waals surface area contributed by atoms with Crippen LogP contribution in [0.2, 0.25) is 0 Å². The van der Waals surface area contributed by atoms with Crippen molar-refractivity contribution in [2.24, 2.45) is 0 Å². The number of carbonyl (C=O) groups is 1. The van der Waals surface area contributed by atoms with Crippen molar-refractivity contribution in [1.29, 1.82) is 0 Å². The van der Waals surface area contributed by atoms with E-state index in [1.807, 2.05) is 24.3 Å².